The summed E-state index contributed by atoms with van der Waals surface area (Å²) in [6.07, 6.45) is 3.78. The Bertz CT molecular complexity index is 437. The molecule has 0 aromatic carbocycles. The molecule has 0 bridgehead atoms. The van der Waals surface area contributed by atoms with E-state index in [1.807, 2.05) is 4.57 Å². The maximum absolute atomic E-state index is 11.2. The number of rotatable bonds is 2. The molecule has 17 heavy (non-hydrogen) atoms. The van der Waals surface area contributed by atoms with Crippen molar-refractivity contribution >= 4 is 5.97 Å². The number of aliphatic carboxylic acids is 1. The molecule has 3 rings (SSSR count). The zero-order valence-corrected chi connectivity index (χ0v) is 9.59. The van der Waals surface area contributed by atoms with Crippen molar-refractivity contribution in [2.24, 2.45) is 0 Å². The summed E-state index contributed by atoms with van der Waals surface area (Å²) in [6.45, 7) is 1.86. The van der Waals surface area contributed by atoms with Crippen molar-refractivity contribution in [2.45, 2.75) is 44.2 Å². The standard InChI is InChI=1S/C11H16N4O2/c16-11(17)7-3-2-6-15-9(7)13-14-10(15)8-4-1-5-12-8/h7-8,12H,1-6H2,(H,16,17). The van der Waals surface area contributed by atoms with Gasteiger partial charge in [0.1, 0.15) is 17.6 Å². The van der Waals surface area contributed by atoms with Gasteiger partial charge in [-0.1, -0.05) is 0 Å². The van der Waals surface area contributed by atoms with Gasteiger partial charge in [-0.25, -0.2) is 0 Å². The smallest absolute Gasteiger partial charge is 0.314 e. The molecule has 2 N–H and O–H groups in total. The molecule has 0 saturated carbocycles. The number of carboxylic acids is 1. The van der Waals surface area contributed by atoms with Crippen molar-refractivity contribution in [3.05, 3.63) is 11.6 Å². The van der Waals surface area contributed by atoms with Crippen LogP contribution in [0, 0.1) is 0 Å². The van der Waals surface area contributed by atoms with Crippen molar-refractivity contribution in [3.63, 3.8) is 0 Å². The Morgan fingerprint density at radius 1 is 1.29 bits per heavy atom. The molecule has 1 aromatic heterocycles. The summed E-state index contributed by atoms with van der Waals surface area (Å²) in [4.78, 5) is 11.2. The van der Waals surface area contributed by atoms with E-state index >= 15 is 0 Å². The molecule has 0 radical (unpaired) electrons. The molecule has 0 spiro atoms. The lowest BCUT2D eigenvalue weighted by molar-refractivity contribution is -0.139. The fourth-order valence-corrected chi connectivity index (χ4v) is 2.79. The number of nitrogens with one attached hydrogen (secondary N) is 1. The van der Waals surface area contributed by atoms with E-state index in [1.54, 1.807) is 0 Å². The number of hydrogen-bond acceptors (Lipinski definition) is 4. The van der Waals surface area contributed by atoms with Gasteiger partial charge >= 0.3 is 5.97 Å². The normalized spacial score (nSPS) is 28.0. The Kier molecular flexibility index (Phi) is 2.58. The number of carboxylic acid groups (broad SMARTS) is 1. The summed E-state index contributed by atoms with van der Waals surface area (Å²) in [5, 5.41) is 20.8. The van der Waals surface area contributed by atoms with Gasteiger partial charge in [0, 0.05) is 6.54 Å². The first-order valence-electron chi connectivity index (χ1n) is 6.16. The highest BCUT2D eigenvalue weighted by atomic mass is 16.4. The molecular formula is C11H16N4O2. The summed E-state index contributed by atoms with van der Waals surface area (Å²) >= 11 is 0. The third kappa shape index (κ3) is 1.72. The van der Waals surface area contributed by atoms with Gasteiger partial charge in [0.05, 0.1) is 6.04 Å². The minimum Gasteiger partial charge on any atom is -0.481 e. The summed E-state index contributed by atoms with van der Waals surface area (Å²) in [5.74, 6) is 0.284. The molecule has 6 heteroatoms. The Labute approximate surface area is 99.0 Å². The lowest BCUT2D eigenvalue weighted by Crippen LogP contribution is -2.25. The van der Waals surface area contributed by atoms with Crippen molar-refractivity contribution in [2.75, 3.05) is 6.54 Å². The van der Waals surface area contributed by atoms with Crippen LogP contribution >= 0.6 is 0 Å². The first kappa shape index (κ1) is 10.7. The molecule has 0 aliphatic carbocycles. The Morgan fingerprint density at radius 3 is 2.82 bits per heavy atom. The summed E-state index contributed by atoms with van der Waals surface area (Å²) in [7, 11) is 0. The molecule has 1 aromatic rings. The number of fused-ring (bicyclic) bond motifs is 1. The van der Waals surface area contributed by atoms with Crippen LogP contribution in [0.4, 0.5) is 0 Å². The quantitative estimate of drug-likeness (QED) is 0.788. The van der Waals surface area contributed by atoms with Gasteiger partial charge in [-0.2, -0.15) is 0 Å². The van der Waals surface area contributed by atoms with Gasteiger partial charge < -0.3 is 15.0 Å². The van der Waals surface area contributed by atoms with Crippen LogP contribution in [-0.4, -0.2) is 32.4 Å². The second-order valence-electron chi connectivity index (χ2n) is 4.75. The van der Waals surface area contributed by atoms with E-state index in [2.05, 4.69) is 15.5 Å². The van der Waals surface area contributed by atoms with E-state index in [9.17, 15) is 4.79 Å². The average molecular weight is 236 g/mol. The monoisotopic (exact) mass is 236 g/mol. The SMILES string of the molecule is O=C(O)C1CCCn2c(C3CCCN3)nnc21. The van der Waals surface area contributed by atoms with E-state index in [1.165, 1.54) is 0 Å². The molecule has 2 aliphatic rings. The van der Waals surface area contributed by atoms with Crippen LogP contribution in [0.15, 0.2) is 0 Å². The molecule has 92 valence electrons. The van der Waals surface area contributed by atoms with Crippen molar-refractivity contribution < 1.29 is 9.90 Å². The first-order chi connectivity index (χ1) is 8.27. The van der Waals surface area contributed by atoms with Crippen LogP contribution in [0.2, 0.25) is 0 Å². The van der Waals surface area contributed by atoms with E-state index in [0.29, 0.717) is 12.2 Å². The summed E-state index contributed by atoms with van der Waals surface area (Å²) in [6, 6.07) is 0.254. The molecule has 0 amide bonds. The second-order valence-corrected chi connectivity index (χ2v) is 4.75. The molecule has 1 saturated heterocycles. The van der Waals surface area contributed by atoms with E-state index < -0.39 is 11.9 Å². The molecule has 1 fully saturated rings. The van der Waals surface area contributed by atoms with Crippen LogP contribution in [0.3, 0.4) is 0 Å². The lowest BCUT2D eigenvalue weighted by atomic mass is 9.99. The summed E-state index contributed by atoms with van der Waals surface area (Å²) in [5.41, 5.74) is 0. The molecule has 6 nitrogen and oxygen atoms in total. The molecular weight excluding hydrogens is 220 g/mol. The fourth-order valence-electron chi connectivity index (χ4n) is 2.79. The number of carbonyl (C=O) groups is 1. The lowest BCUT2D eigenvalue weighted by Gasteiger charge is -2.21. The van der Waals surface area contributed by atoms with Crippen LogP contribution in [0.1, 0.15) is 49.3 Å². The highest BCUT2D eigenvalue weighted by molar-refractivity contribution is 5.75. The first-order valence-corrected chi connectivity index (χ1v) is 6.16. The van der Waals surface area contributed by atoms with E-state index in [4.69, 9.17) is 5.11 Å². The molecule has 2 aliphatic heterocycles. The number of hydrogen-bond donors (Lipinski definition) is 2. The van der Waals surface area contributed by atoms with Gasteiger partial charge in [0.25, 0.3) is 0 Å². The van der Waals surface area contributed by atoms with Crippen molar-refractivity contribution in [1.82, 2.24) is 20.1 Å². The Balaban J connectivity index is 1.95. The summed E-state index contributed by atoms with van der Waals surface area (Å²) < 4.78 is 2.01. The van der Waals surface area contributed by atoms with E-state index in [0.717, 1.165) is 38.2 Å². The maximum Gasteiger partial charge on any atom is 0.314 e. The number of aromatic nitrogens is 3. The highest BCUT2D eigenvalue weighted by Crippen LogP contribution is 2.30. The molecule has 2 unspecified atom stereocenters. The van der Waals surface area contributed by atoms with Crippen molar-refractivity contribution in [3.8, 4) is 0 Å². The fraction of sp³-hybridized carbons (Fsp3) is 0.727. The second kappa shape index (κ2) is 4.10. The van der Waals surface area contributed by atoms with Gasteiger partial charge in [-0.05, 0) is 32.2 Å². The highest BCUT2D eigenvalue weighted by Gasteiger charge is 2.32. The maximum atomic E-state index is 11.2. The average Bonchev–Trinajstić information content (AvgIpc) is 2.96. The third-order valence-electron chi connectivity index (χ3n) is 3.66. The molecule has 3 heterocycles. The predicted molar refractivity (Wildman–Crippen MR) is 59.6 cm³/mol. The Hall–Kier alpha value is -1.43. The minimum atomic E-state index is -0.788. The number of nitrogens with zero attached hydrogens (tertiary/aromatic N) is 3. The minimum absolute atomic E-state index is 0.254. The largest absolute Gasteiger partial charge is 0.481 e. The predicted octanol–water partition coefficient (Wildman–Crippen LogP) is 0.665. The topological polar surface area (TPSA) is 80.0 Å². The van der Waals surface area contributed by atoms with Crippen LogP contribution < -0.4 is 5.32 Å². The van der Waals surface area contributed by atoms with Crippen LogP contribution in [0.5, 0.6) is 0 Å². The molecule has 2 atom stereocenters. The van der Waals surface area contributed by atoms with Crippen molar-refractivity contribution in [1.29, 1.82) is 0 Å². The van der Waals surface area contributed by atoms with Gasteiger partial charge in [-0.15, -0.1) is 10.2 Å². The van der Waals surface area contributed by atoms with Gasteiger partial charge in [-0.3, -0.25) is 4.79 Å². The van der Waals surface area contributed by atoms with E-state index in [-0.39, 0.29) is 6.04 Å². The van der Waals surface area contributed by atoms with Crippen LogP contribution in [0.25, 0.3) is 0 Å². The Morgan fingerprint density at radius 2 is 2.12 bits per heavy atom. The van der Waals surface area contributed by atoms with Crippen LogP contribution in [-0.2, 0) is 11.3 Å². The zero-order valence-electron chi connectivity index (χ0n) is 9.59. The van der Waals surface area contributed by atoms with Gasteiger partial charge in [0.15, 0.2) is 0 Å². The zero-order chi connectivity index (χ0) is 11.8. The third-order valence-corrected chi connectivity index (χ3v) is 3.66. The van der Waals surface area contributed by atoms with Gasteiger partial charge in [0.2, 0.25) is 0 Å².